The highest BCUT2D eigenvalue weighted by atomic mass is 35.5. The zero-order valence-corrected chi connectivity index (χ0v) is 8.74. The van der Waals surface area contributed by atoms with Crippen molar-refractivity contribution < 1.29 is 8.78 Å². The second kappa shape index (κ2) is 4.08. The minimum Gasteiger partial charge on any atom is -0.334 e. The molecular weight excluding hydrogens is 244 g/mol. The molecule has 0 amide bonds. The molecule has 0 unspecified atom stereocenters. The molecule has 1 aromatic heterocycles. The molecule has 3 nitrogen and oxygen atoms in total. The zero-order valence-electron chi connectivity index (χ0n) is 7.17. The number of halogens is 3. The molecule has 0 radical (unpaired) electrons. The molecule has 0 spiro atoms. The first-order valence-electron chi connectivity index (χ1n) is 3.87. The summed E-state index contributed by atoms with van der Waals surface area (Å²) >= 11 is 6.52. The molecule has 78 valence electrons. The minimum atomic E-state index is -0.971. The van der Waals surface area contributed by atoms with Crippen LogP contribution in [0.25, 0.3) is 0 Å². The van der Waals surface area contributed by atoms with Crippen molar-refractivity contribution in [3.8, 4) is 0 Å². The Bertz CT molecular complexity index is 488. The largest absolute Gasteiger partial charge is 0.334 e. The third-order valence-corrected chi connectivity index (χ3v) is 2.55. The third-order valence-electron chi connectivity index (χ3n) is 1.65. The average molecular weight is 248 g/mol. The molecule has 0 aliphatic rings. The van der Waals surface area contributed by atoms with Crippen LogP contribution < -0.4 is 5.32 Å². The van der Waals surface area contributed by atoms with E-state index >= 15 is 0 Å². The van der Waals surface area contributed by atoms with E-state index in [9.17, 15) is 8.78 Å². The molecule has 0 aliphatic heterocycles. The predicted molar refractivity (Wildman–Crippen MR) is 54.6 cm³/mol. The maximum atomic E-state index is 13.2. The van der Waals surface area contributed by atoms with Gasteiger partial charge in [-0.2, -0.15) is 8.75 Å². The molecule has 0 fully saturated rings. The van der Waals surface area contributed by atoms with E-state index in [2.05, 4.69) is 14.1 Å². The van der Waals surface area contributed by atoms with Gasteiger partial charge in [-0.25, -0.2) is 8.78 Å². The second-order valence-corrected chi connectivity index (χ2v) is 3.52. The van der Waals surface area contributed by atoms with Gasteiger partial charge < -0.3 is 5.32 Å². The van der Waals surface area contributed by atoms with Crippen LogP contribution >= 0.6 is 23.3 Å². The molecule has 2 rings (SSSR count). The van der Waals surface area contributed by atoms with Crippen molar-refractivity contribution in [3.05, 3.63) is 35.0 Å². The summed E-state index contributed by atoms with van der Waals surface area (Å²) in [6.07, 6.45) is 0. The number of rotatable bonds is 2. The summed E-state index contributed by atoms with van der Waals surface area (Å²) in [5.41, 5.74) is -0.0235. The predicted octanol–water partition coefficient (Wildman–Crippen LogP) is 3.21. The lowest BCUT2D eigenvalue weighted by Gasteiger charge is -2.04. The van der Waals surface area contributed by atoms with Crippen LogP contribution in [0.3, 0.4) is 0 Å². The van der Waals surface area contributed by atoms with Crippen LogP contribution in [-0.4, -0.2) is 8.75 Å². The van der Waals surface area contributed by atoms with Gasteiger partial charge >= 0.3 is 0 Å². The third kappa shape index (κ3) is 2.05. The van der Waals surface area contributed by atoms with Crippen LogP contribution in [0.1, 0.15) is 0 Å². The van der Waals surface area contributed by atoms with Gasteiger partial charge in [0.1, 0.15) is 0 Å². The first-order valence-corrected chi connectivity index (χ1v) is 4.98. The Kier molecular flexibility index (Phi) is 2.79. The number of hydrogen-bond donors (Lipinski definition) is 1. The molecule has 1 N–H and O–H groups in total. The second-order valence-electron chi connectivity index (χ2n) is 2.63. The fourth-order valence-corrected chi connectivity index (χ4v) is 1.63. The van der Waals surface area contributed by atoms with Crippen molar-refractivity contribution in [1.82, 2.24) is 8.75 Å². The summed E-state index contributed by atoms with van der Waals surface area (Å²) in [4.78, 5) is 0. The van der Waals surface area contributed by atoms with E-state index in [0.29, 0.717) is 0 Å². The Morgan fingerprint density at radius 3 is 2.73 bits per heavy atom. The Labute approximate surface area is 93.0 Å². The zero-order chi connectivity index (χ0) is 10.8. The van der Waals surface area contributed by atoms with Crippen LogP contribution in [0.15, 0.2) is 18.2 Å². The van der Waals surface area contributed by atoms with Crippen LogP contribution in [0.5, 0.6) is 0 Å². The summed E-state index contributed by atoms with van der Waals surface area (Å²) in [5.74, 6) is -1.69. The summed E-state index contributed by atoms with van der Waals surface area (Å²) in [6.45, 7) is 0. The lowest BCUT2D eigenvalue weighted by molar-refractivity contribution is 0.512. The van der Waals surface area contributed by atoms with Gasteiger partial charge in [0.15, 0.2) is 22.6 Å². The van der Waals surface area contributed by atoms with Crippen molar-refractivity contribution in [2.45, 2.75) is 0 Å². The van der Waals surface area contributed by atoms with Gasteiger partial charge in [-0.05, 0) is 12.1 Å². The molecule has 1 heterocycles. The number of nitrogens with one attached hydrogen (secondary N) is 1. The Morgan fingerprint density at radius 1 is 1.27 bits per heavy atom. The highest BCUT2D eigenvalue weighted by Gasteiger charge is 2.11. The van der Waals surface area contributed by atoms with E-state index in [0.717, 1.165) is 17.8 Å². The van der Waals surface area contributed by atoms with E-state index in [1.54, 1.807) is 0 Å². The van der Waals surface area contributed by atoms with Crippen molar-refractivity contribution in [1.29, 1.82) is 0 Å². The van der Waals surface area contributed by atoms with E-state index in [-0.39, 0.29) is 16.7 Å². The number of anilines is 2. The highest BCUT2D eigenvalue weighted by molar-refractivity contribution is 6.99. The molecule has 2 aromatic rings. The maximum Gasteiger partial charge on any atom is 0.187 e. The highest BCUT2D eigenvalue weighted by Crippen LogP contribution is 2.25. The van der Waals surface area contributed by atoms with E-state index < -0.39 is 11.6 Å². The SMILES string of the molecule is Fc1cccc(Nc2nsnc2Cl)c1F. The van der Waals surface area contributed by atoms with Crippen molar-refractivity contribution in [2.24, 2.45) is 0 Å². The van der Waals surface area contributed by atoms with E-state index in [4.69, 9.17) is 11.6 Å². The maximum absolute atomic E-state index is 13.2. The monoisotopic (exact) mass is 247 g/mol. The van der Waals surface area contributed by atoms with E-state index in [1.807, 2.05) is 0 Å². The molecule has 0 aliphatic carbocycles. The molecule has 15 heavy (non-hydrogen) atoms. The molecular formula is C8H4ClF2N3S. The average Bonchev–Trinajstić information content (AvgIpc) is 2.60. The van der Waals surface area contributed by atoms with Crippen LogP contribution in [0.4, 0.5) is 20.3 Å². The smallest absolute Gasteiger partial charge is 0.187 e. The first kappa shape index (κ1) is 10.3. The molecule has 0 bridgehead atoms. The number of nitrogens with zero attached hydrogens (tertiary/aromatic N) is 2. The fraction of sp³-hybridized carbons (Fsp3) is 0. The van der Waals surface area contributed by atoms with Gasteiger partial charge in [-0.15, -0.1) is 0 Å². The number of benzene rings is 1. The minimum absolute atomic E-state index is 0.0235. The van der Waals surface area contributed by atoms with Gasteiger partial charge in [-0.1, -0.05) is 17.7 Å². The van der Waals surface area contributed by atoms with Gasteiger partial charge in [0.2, 0.25) is 0 Å². The lowest BCUT2D eigenvalue weighted by Crippen LogP contribution is -1.96. The summed E-state index contributed by atoms with van der Waals surface area (Å²) in [5, 5.41) is 2.68. The van der Waals surface area contributed by atoms with Crippen LogP contribution in [0.2, 0.25) is 5.15 Å². The van der Waals surface area contributed by atoms with Crippen molar-refractivity contribution >= 4 is 34.8 Å². The van der Waals surface area contributed by atoms with Gasteiger partial charge in [0.25, 0.3) is 0 Å². The molecule has 0 atom stereocenters. The van der Waals surface area contributed by atoms with Crippen molar-refractivity contribution in [2.75, 3.05) is 5.32 Å². The topological polar surface area (TPSA) is 37.8 Å². The van der Waals surface area contributed by atoms with Gasteiger partial charge in [0.05, 0.1) is 17.4 Å². The Balaban J connectivity index is 2.33. The molecule has 0 saturated carbocycles. The molecule has 7 heteroatoms. The summed E-state index contributed by atoms with van der Waals surface area (Å²) in [7, 11) is 0. The standard InChI is InChI=1S/C8H4ClF2N3S/c9-7-8(14-15-13-7)12-5-3-1-2-4(10)6(5)11/h1-3H,(H,12,14). The van der Waals surface area contributed by atoms with E-state index in [1.165, 1.54) is 12.1 Å². The molecule has 0 saturated heterocycles. The van der Waals surface area contributed by atoms with Crippen molar-refractivity contribution in [3.63, 3.8) is 0 Å². The summed E-state index contributed by atoms with van der Waals surface area (Å²) in [6, 6.07) is 3.80. The summed E-state index contributed by atoms with van der Waals surface area (Å²) < 4.78 is 33.5. The lowest BCUT2D eigenvalue weighted by atomic mass is 10.3. The van der Waals surface area contributed by atoms with Gasteiger partial charge in [0, 0.05) is 0 Å². The quantitative estimate of drug-likeness (QED) is 0.886. The first-order chi connectivity index (χ1) is 7.18. The van der Waals surface area contributed by atoms with Gasteiger partial charge in [-0.3, -0.25) is 0 Å². The number of hydrogen-bond acceptors (Lipinski definition) is 4. The van der Waals surface area contributed by atoms with Crippen LogP contribution in [0, 0.1) is 11.6 Å². The fourth-order valence-electron chi connectivity index (χ4n) is 0.980. The normalized spacial score (nSPS) is 10.3. The Hall–Kier alpha value is -1.27. The van der Waals surface area contributed by atoms with Crippen LogP contribution in [-0.2, 0) is 0 Å². The molecule has 1 aromatic carbocycles. The Morgan fingerprint density at radius 2 is 2.07 bits per heavy atom. The number of aromatic nitrogens is 2.